The predicted octanol–water partition coefficient (Wildman–Crippen LogP) is 3.26. The molecule has 25 heavy (non-hydrogen) atoms. The molecule has 3 rings (SSSR count). The molecule has 8 nitrogen and oxygen atoms in total. The van der Waals surface area contributed by atoms with Crippen LogP contribution < -0.4 is 10.6 Å². The first-order chi connectivity index (χ1) is 12.0. The van der Waals surface area contributed by atoms with E-state index >= 15 is 0 Å². The third-order valence-electron chi connectivity index (χ3n) is 3.77. The molecule has 1 aromatic carbocycles. The summed E-state index contributed by atoms with van der Waals surface area (Å²) in [4.78, 5) is 12.1. The minimum Gasteiger partial charge on any atom is -0.359 e. The molecule has 2 heterocycles. The molecule has 2 amide bonds. The van der Waals surface area contributed by atoms with Crippen molar-refractivity contribution in [3.8, 4) is 5.69 Å². The standard InChI is InChI=1S/C17H20N6O2/c1-11(2)15-10-16(21-25-15)20-17(24)19-12(3)13-4-6-14(7-5-13)23-9-8-18-22-23/h4-12H,1-3H3,(H2,19,20,21,24). The molecule has 130 valence electrons. The average molecular weight is 340 g/mol. The monoisotopic (exact) mass is 340 g/mol. The van der Waals surface area contributed by atoms with Gasteiger partial charge in [0.25, 0.3) is 0 Å². The Bertz CT molecular complexity index is 823. The summed E-state index contributed by atoms with van der Waals surface area (Å²) in [5.41, 5.74) is 1.88. The first-order valence-corrected chi connectivity index (χ1v) is 8.03. The van der Waals surface area contributed by atoms with E-state index in [2.05, 4.69) is 26.1 Å². The van der Waals surface area contributed by atoms with E-state index < -0.39 is 0 Å². The van der Waals surface area contributed by atoms with Crippen LogP contribution in [-0.4, -0.2) is 26.2 Å². The second kappa shape index (κ2) is 7.16. The van der Waals surface area contributed by atoms with E-state index in [9.17, 15) is 4.79 Å². The molecule has 0 aliphatic rings. The maximum absolute atomic E-state index is 12.1. The summed E-state index contributed by atoms with van der Waals surface area (Å²) in [6, 6.07) is 8.95. The number of benzene rings is 1. The van der Waals surface area contributed by atoms with Gasteiger partial charge in [-0.15, -0.1) is 5.10 Å². The van der Waals surface area contributed by atoms with Crippen LogP contribution >= 0.6 is 0 Å². The van der Waals surface area contributed by atoms with E-state index in [1.54, 1.807) is 23.1 Å². The van der Waals surface area contributed by atoms with Crippen molar-refractivity contribution in [3.63, 3.8) is 0 Å². The van der Waals surface area contributed by atoms with Crippen molar-refractivity contribution < 1.29 is 9.32 Å². The topological polar surface area (TPSA) is 97.9 Å². The van der Waals surface area contributed by atoms with Crippen LogP contribution in [0.5, 0.6) is 0 Å². The number of nitrogens with one attached hydrogen (secondary N) is 2. The minimum absolute atomic E-state index is 0.165. The van der Waals surface area contributed by atoms with Gasteiger partial charge < -0.3 is 9.84 Å². The van der Waals surface area contributed by atoms with E-state index in [1.165, 1.54) is 0 Å². The van der Waals surface area contributed by atoms with Crippen molar-refractivity contribution >= 4 is 11.8 Å². The zero-order valence-corrected chi connectivity index (χ0v) is 14.3. The van der Waals surface area contributed by atoms with Crippen molar-refractivity contribution in [1.29, 1.82) is 0 Å². The highest BCUT2D eigenvalue weighted by Gasteiger charge is 2.13. The first-order valence-electron chi connectivity index (χ1n) is 8.03. The second-order valence-electron chi connectivity index (χ2n) is 6.03. The number of amides is 2. The van der Waals surface area contributed by atoms with Gasteiger partial charge in [-0.3, -0.25) is 5.32 Å². The molecule has 0 saturated heterocycles. The Morgan fingerprint density at radius 1 is 1.20 bits per heavy atom. The summed E-state index contributed by atoms with van der Waals surface area (Å²) in [5.74, 6) is 1.34. The summed E-state index contributed by atoms with van der Waals surface area (Å²) in [5, 5.41) is 17.1. The smallest absolute Gasteiger partial charge is 0.320 e. The van der Waals surface area contributed by atoms with Crippen molar-refractivity contribution in [3.05, 3.63) is 54.0 Å². The lowest BCUT2D eigenvalue weighted by Crippen LogP contribution is -2.31. The number of rotatable bonds is 5. The molecule has 0 aliphatic carbocycles. The molecule has 0 bridgehead atoms. The Morgan fingerprint density at radius 3 is 2.56 bits per heavy atom. The summed E-state index contributed by atoms with van der Waals surface area (Å²) >= 11 is 0. The largest absolute Gasteiger partial charge is 0.359 e. The molecule has 1 unspecified atom stereocenters. The highest BCUT2D eigenvalue weighted by molar-refractivity contribution is 5.88. The highest BCUT2D eigenvalue weighted by Crippen LogP contribution is 2.18. The molecule has 2 aromatic heterocycles. The molecule has 0 fully saturated rings. The van der Waals surface area contributed by atoms with Crippen molar-refractivity contribution in [2.75, 3.05) is 5.32 Å². The molecule has 8 heteroatoms. The van der Waals surface area contributed by atoms with E-state index in [-0.39, 0.29) is 18.0 Å². The summed E-state index contributed by atoms with van der Waals surface area (Å²) in [7, 11) is 0. The van der Waals surface area contributed by atoms with Gasteiger partial charge in [0.2, 0.25) is 0 Å². The van der Waals surface area contributed by atoms with Crippen LogP contribution in [0.1, 0.15) is 44.1 Å². The van der Waals surface area contributed by atoms with Crippen molar-refractivity contribution in [2.45, 2.75) is 32.7 Å². The molecule has 0 spiro atoms. The second-order valence-corrected chi connectivity index (χ2v) is 6.03. The van der Waals surface area contributed by atoms with E-state index in [4.69, 9.17) is 4.52 Å². The number of urea groups is 1. The van der Waals surface area contributed by atoms with Gasteiger partial charge in [0, 0.05) is 12.0 Å². The van der Waals surface area contributed by atoms with Crippen LogP contribution in [-0.2, 0) is 0 Å². The number of aromatic nitrogens is 4. The molecule has 0 radical (unpaired) electrons. The number of carbonyl (C=O) groups is 1. The number of anilines is 1. The lowest BCUT2D eigenvalue weighted by Gasteiger charge is -2.14. The number of hydrogen-bond donors (Lipinski definition) is 2. The molecule has 2 N–H and O–H groups in total. The Kier molecular flexibility index (Phi) is 4.78. The minimum atomic E-state index is -0.337. The maximum atomic E-state index is 12.1. The van der Waals surface area contributed by atoms with Gasteiger partial charge in [-0.25, -0.2) is 9.48 Å². The molecule has 0 saturated carbocycles. The zero-order chi connectivity index (χ0) is 17.8. The molecular formula is C17H20N6O2. The van der Waals surface area contributed by atoms with Crippen LogP contribution in [0, 0.1) is 0 Å². The summed E-state index contributed by atoms with van der Waals surface area (Å²) in [6.07, 6.45) is 3.39. The van der Waals surface area contributed by atoms with Crippen LogP contribution in [0.15, 0.2) is 47.2 Å². The Labute approximate surface area is 145 Å². The highest BCUT2D eigenvalue weighted by atomic mass is 16.5. The first kappa shape index (κ1) is 16.7. The normalized spacial score (nSPS) is 12.2. The third kappa shape index (κ3) is 4.03. The number of carbonyl (C=O) groups excluding carboxylic acids is 1. The van der Waals surface area contributed by atoms with Gasteiger partial charge in [0.05, 0.1) is 24.1 Å². The third-order valence-corrected chi connectivity index (χ3v) is 3.77. The molecule has 3 aromatic rings. The Balaban J connectivity index is 1.59. The van der Waals surface area contributed by atoms with E-state index in [0.717, 1.165) is 17.0 Å². The van der Waals surface area contributed by atoms with E-state index in [1.807, 2.05) is 45.0 Å². The molecule has 1 atom stereocenters. The van der Waals surface area contributed by atoms with Gasteiger partial charge in [-0.2, -0.15) is 0 Å². The number of nitrogens with zero attached hydrogens (tertiary/aromatic N) is 4. The van der Waals surface area contributed by atoms with Crippen LogP contribution in [0.25, 0.3) is 5.69 Å². The quantitative estimate of drug-likeness (QED) is 0.743. The lowest BCUT2D eigenvalue weighted by molar-refractivity contribution is 0.249. The maximum Gasteiger partial charge on any atom is 0.320 e. The van der Waals surface area contributed by atoms with Crippen LogP contribution in [0.4, 0.5) is 10.6 Å². The lowest BCUT2D eigenvalue weighted by atomic mass is 10.1. The van der Waals surface area contributed by atoms with E-state index in [0.29, 0.717) is 5.82 Å². The number of hydrogen-bond acceptors (Lipinski definition) is 5. The van der Waals surface area contributed by atoms with Crippen LogP contribution in [0.3, 0.4) is 0 Å². The van der Waals surface area contributed by atoms with Gasteiger partial charge in [-0.1, -0.05) is 36.4 Å². The van der Waals surface area contributed by atoms with Gasteiger partial charge >= 0.3 is 6.03 Å². The fourth-order valence-corrected chi connectivity index (χ4v) is 2.31. The van der Waals surface area contributed by atoms with Crippen LogP contribution in [0.2, 0.25) is 0 Å². The van der Waals surface area contributed by atoms with Gasteiger partial charge in [0.15, 0.2) is 5.82 Å². The Hall–Kier alpha value is -3.16. The molecular weight excluding hydrogens is 320 g/mol. The van der Waals surface area contributed by atoms with Crippen molar-refractivity contribution in [2.24, 2.45) is 0 Å². The summed E-state index contributed by atoms with van der Waals surface area (Å²) < 4.78 is 6.83. The molecule has 0 aliphatic heterocycles. The Morgan fingerprint density at radius 2 is 1.96 bits per heavy atom. The van der Waals surface area contributed by atoms with Gasteiger partial charge in [0.1, 0.15) is 5.76 Å². The predicted molar refractivity (Wildman–Crippen MR) is 92.5 cm³/mol. The fourth-order valence-electron chi connectivity index (χ4n) is 2.31. The van der Waals surface area contributed by atoms with Crippen molar-refractivity contribution in [1.82, 2.24) is 25.5 Å². The SMILES string of the molecule is CC(C)c1cc(NC(=O)NC(C)c2ccc(-n3ccnn3)cc2)no1. The fraction of sp³-hybridized carbons (Fsp3) is 0.294. The zero-order valence-electron chi connectivity index (χ0n) is 14.3. The average Bonchev–Trinajstić information content (AvgIpc) is 3.26. The summed E-state index contributed by atoms with van der Waals surface area (Å²) in [6.45, 7) is 5.90. The van der Waals surface area contributed by atoms with Gasteiger partial charge in [-0.05, 0) is 24.6 Å².